The van der Waals surface area contributed by atoms with Crippen LogP contribution in [0, 0.1) is 0 Å². The van der Waals surface area contributed by atoms with Crippen molar-refractivity contribution < 1.29 is 43.9 Å². The van der Waals surface area contributed by atoms with Gasteiger partial charge < -0.3 is 35.3 Å². The Hall–Kier alpha value is -2.77. The number of imide groups is 1. The third kappa shape index (κ3) is 21.5. The summed E-state index contributed by atoms with van der Waals surface area (Å²) in [6.07, 6.45) is 22.3. The van der Waals surface area contributed by atoms with E-state index in [1.807, 2.05) is 6.07 Å². The summed E-state index contributed by atoms with van der Waals surface area (Å²) < 4.78 is 17.4. The number of hydrogen-bond acceptors (Lipinski definition) is 10. The molecule has 0 aromatic heterocycles. The smallest absolute Gasteiger partial charge is 0.417 e. The molecule has 12 nitrogen and oxygen atoms in total. The van der Waals surface area contributed by atoms with Crippen molar-refractivity contribution in [2.24, 2.45) is 5.73 Å². The summed E-state index contributed by atoms with van der Waals surface area (Å²) in [5.41, 5.74) is 6.43. The second kappa shape index (κ2) is 33.9. The van der Waals surface area contributed by atoms with E-state index < -0.39 is 61.8 Å². The van der Waals surface area contributed by atoms with Gasteiger partial charge in [-0.25, -0.2) is 14.5 Å². The van der Waals surface area contributed by atoms with Gasteiger partial charge in [-0.15, -0.1) is 0 Å². The zero-order valence-electron chi connectivity index (χ0n) is 37.0. The third-order valence-corrected chi connectivity index (χ3v) is 11.5. The van der Waals surface area contributed by atoms with Crippen LogP contribution in [0.1, 0.15) is 186 Å². The van der Waals surface area contributed by atoms with E-state index >= 15 is 0 Å². The molecule has 0 spiro atoms. The molecule has 1 aromatic carbocycles. The first-order chi connectivity index (χ1) is 28.8. The van der Waals surface area contributed by atoms with Crippen LogP contribution in [0.4, 0.5) is 9.59 Å². The van der Waals surface area contributed by atoms with Gasteiger partial charge in [-0.1, -0.05) is 198 Å². The maximum atomic E-state index is 13.9. The number of aliphatic hydroxyl groups is 3. The van der Waals surface area contributed by atoms with Gasteiger partial charge in [0, 0.05) is 6.54 Å². The van der Waals surface area contributed by atoms with E-state index in [0.717, 1.165) is 44.9 Å². The molecule has 1 heterocycles. The number of aliphatic hydroxyl groups excluding tert-OH is 3. The third-order valence-electron chi connectivity index (χ3n) is 11.5. The molecule has 12 heteroatoms. The average molecular weight is 834 g/mol. The van der Waals surface area contributed by atoms with Crippen molar-refractivity contribution in [1.29, 1.82) is 0 Å². The molecular weight excluding hydrogens is 751 g/mol. The molecule has 1 aliphatic heterocycles. The van der Waals surface area contributed by atoms with Gasteiger partial charge in [0.25, 0.3) is 0 Å². The molecule has 0 aliphatic carbocycles. The average Bonchev–Trinajstić information content (AvgIpc) is 3.25. The summed E-state index contributed by atoms with van der Waals surface area (Å²) in [4.78, 5) is 42.9. The highest BCUT2D eigenvalue weighted by Gasteiger charge is 2.53. The SMILES string of the molecule is CCCCCCCCCCCCCCCCCCN(C(=O)OCCCCCCCCCCCC)[C@@H]1O[C@H](CO)[C@@H](O)[C@H](O)[C@H]1N(C(=O)CN)C(=O)OCc1ccccc1. The summed E-state index contributed by atoms with van der Waals surface area (Å²) in [6.45, 7) is 3.32. The zero-order chi connectivity index (χ0) is 42.9. The summed E-state index contributed by atoms with van der Waals surface area (Å²) in [6, 6.07) is 7.29. The number of nitrogens with zero attached hydrogens (tertiary/aromatic N) is 2. The molecular formula is C47H83N3O9. The van der Waals surface area contributed by atoms with E-state index in [0.29, 0.717) is 23.3 Å². The number of ether oxygens (including phenoxy) is 3. The largest absolute Gasteiger partial charge is 0.449 e. The van der Waals surface area contributed by atoms with Gasteiger partial charge in [-0.05, 0) is 18.4 Å². The lowest BCUT2D eigenvalue weighted by Gasteiger charge is -2.48. The second-order valence-corrected chi connectivity index (χ2v) is 16.5. The molecule has 3 amide bonds. The van der Waals surface area contributed by atoms with E-state index in [2.05, 4.69) is 13.8 Å². The van der Waals surface area contributed by atoms with E-state index in [4.69, 9.17) is 19.9 Å². The van der Waals surface area contributed by atoms with Gasteiger partial charge in [-0.2, -0.15) is 0 Å². The van der Waals surface area contributed by atoms with Crippen molar-refractivity contribution in [3.8, 4) is 0 Å². The Morgan fingerprint density at radius 2 is 1.08 bits per heavy atom. The molecule has 0 unspecified atom stereocenters. The topological polar surface area (TPSA) is 172 Å². The van der Waals surface area contributed by atoms with Crippen molar-refractivity contribution in [1.82, 2.24) is 9.80 Å². The van der Waals surface area contributed by atoms with Crippen LogP contribution in [-0.2, 0) is 25.6 Å². The standard InChI is InChI=1S/C47H83N3O9/c1-3-5-7-9-11-13-15-16-17-18-19-20-21-23-25-30-34-49(46(55)57-35-31-26-24-22-14-12-10-8-6-4-2)45-42(44(54)43(53)40(37-51)59-45)50(41(52)36-48)47(56)58-38-39-32-28-27-29-33-39/h27-29,32-33,40,42-45,51,53-54H,3-26,30-31,34-38,48H2,1-2H3/t40-,42-,43-,44-,45-/m1/s1. The van der Waals surface area contributed by atoms with Crippen molar-refractivity contribution in [2.45, 2.75) is 218 Å². The monoisotopic (exact) mass is 834 g/mol. The predicted molar refractivity (Wildman–Crippen MR) is 234 cm³/mol. The summed E-state index contributed by atoms with van der Waals surface area (Å²) >= 11 is 0. The number of benzene rings is 1. The van der Waals surface area contributed by atoms with Crippen LogP contribution in [0.2, 0.25) is 0 Å². The first-order valence-corrected chi connectivity index (χ1v) is 23.6. The lowest BCUT2D eigenvalue weighted by molar-refractivity contribution is -0.240. The molecule has 2 rings (SSSR count). The van der Waals surface area contributed by atoms with Crippen LogP contribution in [0.5, 0.6) is 0 Å². The maximum absolute atomic E-state index is 13.9. The first kappa shape index (κ1) is 52.4. The minimum absolute atomic E-state index is 0.140. The molecule has 0 saturated carbocycles. The quantitative estimate of drug-likeness (QED) is 0.0490. The van der Waals surface area contributed by atoms with Crippen LogP contribution >= 0.6 is 0 Å². The van der Waals surface area contributed by atoms with Gasteiger partial charge in [0.05, 0.1) is 19.8 Å². The molecule has 5 atom stereocenters. The Balaban J connectivity index is 2.07. The number of nitrogens with two attached hydrogens (primary N) is 1. The van der Waals surface area contributed by atoms with Gasteiger partial charge in [0.1, 0.15) is 31.0 Å². The highest BCUT2D eigenvalue weighted by atomic mass is 16.6. The fourth-order valence-electron chi connectivity index (χ4n) is 7.88. The molecule has 0 bridgehead atoms. The first-order valence-electron chi connectivity index (χ1n) is 23.6. The lowest BCUT2D eigenvalue weighted by Crippen LogP contribution is -2.70. The van der Waals surface area contributed by atoms with Crippen LogP contribution < -0.4 is 5.73 Å². The van der Waals surface area contributed by atoms with Gasteiger partial charge in [-0.3, -0.25) is 9.69 Å². The molecule has 1 aliphatic rings. The molecule has 1 saturated heterocycles. The summed E-state index contributed by atoms with van der Waals surface area (Å²) in [5, 5.41) is 32.6. The highest BCUT2D eigenvalue weighted by molar-refractivity contribution is 5.93. The Kier molecular flexibility index (Phi) is 30.1. The maximum Gasteiger partial charge on any atom is 0.417 e. The minimum atomic E-state index is -1.80. The number of carbonyl (C=O) groups is 3. The Labute approximate surface area is 356 Å². The highest BCUT2D eigenvalue weighted by Crippen LogP contribution is 2.30. The molecule has 5 N–H and O–H groups in total. The van der Waals surface area contributed by atoms with E-state index in [-0.39, 0.29) is 19.8 Å². The molecule has 340 valence electrons. The van der Waals surface area contributed by atoms with Crippen LogP contribution in [0.25, 0.3) is 0 Å². The van der Waals surface area contributed by atoms with Crippen LogP contribution in [0.15, 0.2) is 30.3 Å². The Bertz CT molecular complexity index is 1210. The number of rotatable bonds is 34. The zero-order valence-corrected chi connectivity index (χ0v) is 37.0. The van der Waals surface area contributed by atoms with Crippen LogP contribution in [0.3, 0.4) is 0 Å². The molecule has 0 radical (unpaired) electrons. The number of carbonyl (C=O) groups excluding carboxylic acids is 3. The van der Waals surface area contributed by atoms with Crippen molar-refractivity contribution in [3.63, 3.8) is 0 Å². The van der Waals surface area contributed by atoms with Gasteiger partial charge in [0.2, 0.25) is 5.91 Å². The van der Waals surface area contributed by atoms with E-state index in [9.17, 15) is 29.7 Å². The molecule has 1 fully saturated rings. The van der Waals surface area contributed by atoms with Crippen molar-refractivity contribution in [3.05, 3.63) is 35.9 Å². The fourth-order valence-corrected chi connectivity index (χ4v) is 7.88. The summed E-state index contributed by atoms with van der Waals surface area (Å²) in [7, 11) is 0. The predicted octanol–water partition coefficient (Wildman–Crippen LogP) is 9.54. The normalized spacial score (nSPS) is 19.1. The van der Waals surface area contributed by atoms with Gasteiger partial charge >= 0.3 is 12.2 Å². The van der Waals surface area contributed by atoms with Crippen molar-refractivity contribution >= 4 is 18.1 Å². The van der Waals surface area contributed by atoms with E-state index in [1.54, 1.807) is 24.3 Å². The molecule has 1 aromatic rings. The van der Waals surface area contributed by atoms with Crippen molar-refractivity contribution in [2.75, 3.05) is 26.3 Å². The number of unbranched alkanes of at least 4 members (excludes halogenated alkanes) is 24. The van der Waals surface area contributed by atoms with Gasteiger partial charge in [0.15, 0.2) is 6.23 Å². The summed E-state index contributed by atoms with van der Waals surface area (Å²) in [5.74, 6) is -0.892. The minimum Gasteiger partial charge on any atom is -0.449 e. The molecule has 59 heavy (non-hydrogen) atoms. The lowest BCUT2D eigenvalue weighted by atomic mass is 9.94. The fraction of sp³-hybridized carbons (Fsp3) is 0.809. The number of amides is 3. The second-order valence-electron chi connectivity index (χ2n) is 16.5. The Morgan fingerprint density at radius 1 is 0.627 bits per heavy atom. The number of hydrogen-bond donors (Lipinski definition) is 4. The van der Waals surface area contributed by atoms with E-state index in [1.165, 1.54) is 114 Å². The Morgan fingerprint density at radius 3 is 1.54 bits per heavy atom. The van der Waals surface area contributed by atoms with Crippen LogP contribution in [-0.4, -0.2) is 100 Å².